The highest BCUT2D eigenvalue weighted by Crippen LogP contribution is 2.31. The third-order valence-corrected chi connectivity index (χ3v) is 4.29. The molecule has 1 saturated heterocycles. The standard InChI is InChI=1S/C13H22F3NO4/c14-13(15,16)21-9-3-1-8(2-4-9)5-17-6-10(18)12(20)11(19)7-17/h8-12,18-20H,1-7H2/t8?,9?,10-,11+,12?. The molecule has 1 aliphatic carbocycles. The maximum absolute atomic E-state index is 12.1. The molecule has 0 spiro atoms. The van der Waals surface area contributed by atoms with E-state index >= 15 is 0 Å². The minimum Gasteiger partial charge on any atom is -0.389 e. The summed E-state index contributed by atoms with van der Waals surface area (Å²) in [6, 6.07) is 0. The highest BCUT2D eigenvalue weighted by atomic mass is 19.4. The molecule has 0 radical (unpaired) electrons. The van der Waals surface area contributed by atoms with E-state index in [9.17, 15) is 28.5 Å². The molecule has 0 aromatic carbocycles. The highest BCUT2D eigenvalue weighted by Gasteiger charge is 2.37. The molecule has 1 heterocycles. The maximum atomic E-state index is 12.1. The molecule has 21 heavy (non-hydrogen) atoms. The molecule has 2 rings (SSSR count). The average molecular weight is 313 g/mol. The number of β-amino-alcohol motifs (C(OH)–C–C–N with tert-alkyl or cyclic N) is 2. The fourth-order valence-electron chi connectivity index (χ4n) is 3.21. The van der Waals surface area contributed by atoms with Crippen molar-refractivity contribution >= 4 is 0 Å². The van der Waals surface area contributed by atoms with Crippen LogP contribution in [0.5, 0.6) is 0 Å². The van der Waals surface area contributed by atoms with Crippen molar-refractivity contribution in [2.24, 2.45) is 5.92 Å². The van der Waals surface area contributed by atoms with Crippen LogP contribution >= 0.6 is 0 Å². The second-order valence-electron chi connectivity index (χ2n) is 6.05. The van der Waals surface area contributed by atoms with Crippen molar-refractivity contribution in [1.29, 1.82) is 0 Å². The second-order valence-corrected chi connectivity index (χ2v) is 6.05. The highest BCUT2D eigenvalue weighted by molar-refractivity contribution is 4.87. The SMILES string of the molecule is OC1[C@H](O)CN(CC2CCC(OC(F)(F)F)CC2)C[C@@H]1O. The van der Waals surface area contributed by atoms with Gasteiger partial charge in [-0.2, -0.15) is 0 Å². The van der Waals surface area contributed by atoms with Gasteiger partial charge in [-0.1, -0.05) is 0 Å². The Morgan fingerprint density at radius 1 is 0.952 bits per heavy atom. The first kappa shape index (κ1) is 17.0. The molecule has 2 aliphatic rings. The molecule has 0 aromatic heterocycles. The second kappa shape index (κ2) is 6.78. The largest absolute Gasteiger partial charge is 0.522 e. The van der Waals surface area contributed by atoms with Crippen LogP contribution in [0.15, 0.2) is 0 Å². The van der Waals surface area contributed by atoms with Crippen LogP contribution in [0.2, 0.25) is 0 Å². The van der Waals surface area contributed by atoms with Gasteiger partial charge in [0.1, 0.15) is 6.10 Å². The Kier molecular flexibility index (Phi) is 5.48. The molecule has 0 amide bonds. The van der Waals surface area contributed by atoms with Crippen molar-refractivity contribution in [3.63, 3.8) is 0 Å². The van der Waals surface area contributed by atoms with Gasteiger partial charge in [0, 0.05) is 19.6 Å². The summed E-state index contributed by atoms with van der Waals surface area (Å²) in [5, 5.41) is 28.7. The van der Waals surface area contributed by atoms with Crippen LogP contribution in [0.25, 0.3) is 0 Å². The smallest absolute Gasteiger partial charge is 0.389 e. The first-order valence-electron chi connectivity index (χ1n) is 7.25. The molecule has 8 heteroatoms. The van der Waals surface area contributed by atoms with Crippen LogP contribution < -0.4 is 0 Å². The average Bonchev–Trinajstić information content (AvgIpc) is 2.36. The molecule has 3 N–H and O–H groups in total. The van der Waals surface area contributed by atoms with Crippen LogP contribution in [0.3, 0.4) is 0 Å². The summed E-state index contributed by atoms with van der Waals surface area (Å²) in [6.45, 7) is 1.16. The fraction of sp³-hybridized carbons (Fsp3) is 1.00. The number of alkyl halides is 3. The van der Waals surface area contributed by atoms with Crippen molar-refractivity contribution in [2.75, 3.05) is 19.6 Å². The number of piperidine rings is 1. The summed E-state index contributed by atoms with van der Waals surface area (Å²) in [5.41, 5.74) is 0. The van der Waals surface area contributed by atoms with Crippen LogP contribution in [-0.2, 0) is 4.74 Å². The first-order valence-corrected chi connectivity index (χ1v) is 7.25. The van der Waals surface area contributed by atoms with Crippen molar-refractivity contribution < 1.29 is 33.2 Å². The maximum Gasteiger partial charge on any atom is 0.522 e. The molecule has 124 valence electrons. The molecule has 0 bridgehead atoms. The van der Waals surface area contributed by atoms with Gasteiger partial charge in [-0.25, -0.2) is 0 Å². The van der Waals surface area contributed by atoms with Crippen molar-refractivity contribution in [2.45, 2.75) is 56.5 Å². The number of hydrogen-bond donors (Lipinski definition) is 3. The lowest BCUT2D eigenvalue weighted by Crippen LogP contribution is -2.56. The van der Waals surface area contributed by atoms with E-state index in [4.69, 9.17) is 0 Å². The number of hydrogen-bond acceptors (Lipinski definition) is 5. The summed E-state index contributed by atoms with van der Waals surface area (Å²) >= 11 is 0. The van der Waals surface area contributed by atoms with E-state index < -0.39 is 30.8 Å². The predicted octanol–water partition coefficient (Wildman–Crippen LogP) is 0.480. The lowest BCUT2D eigenvalue weighted by molar-refractivity contribution is -0.345. The number of aliphatic hydroxyl groups is 3. The van der Waals surface area contributed by atoms with E-state index in [2.05, 4.69) is 4.74 Å². The molecule has 3 atom stereocenters. The lowest BCUT2D eigenvalue weighted by Gasteiger charge is -2.39. The van der Waals surface area contributed by atoms with E-state index in [-0.39, 0.29) is 19.0 Å². The van der Waals surface area contributed by atoms with Gasteiger partial charge < -0.3 is 15.3 Å². The first-order chi connectivity index (χ1) is 9.74. The van der Waals surface area contributed by atoms with Gasteiger partial charge >= 0.3 is 6.36 Å². The van der Waals surface area contributed by atoms with E-state index in [0.29, 0.717) is 32.2 Å². The number of likely N-dealkylation sites (tertiary alicyclic amines) is 1. The molecule has 5 nitrogen and oxygen atoms in total. The zero-order valence-electron chi connectivity index (χ0n) is 11.7. The normalized spacial score (nSPS) is 39.4. The summed E-state index contributed by atoms with van der Waals surface area (Å²) in [7, 11) is 0. The Morgan fingerprint density at radius 2 is 1.48 bits per heavy atom. The van der Waals surface area contributed by atoms with Gasteiger partial charge in [0.2, 0.25) is 0 Å². The number of halogens is 3. The summed E-state index contributed by atoms with van der Waals surface area (Å²) in [6.07, 6.45) is -6.44. The Labute approximate surface area is 121 Å². The van der Waals surface area contributed by atoms with Gasteiger partial charge in [-0.15, -0.1) is 13.2 Å². The summed E-state index contributed by atoms with van der Waals surface area (Å²) in [4.78, 5) is 1.86. The Hall–Kier alpha value is -0.410. The van der Waals surface area contributed by atoms with Crippen molar-refractivity contribution in [3.8, 4) is 0 Å². The Balaban J connectivity index is 1.74. The fourth-order valence-corrected chi connectivity index (χ4v) is 3.21. The summed E-state index contributed by atoms with van der Waals surface area (Å²) in [5.74, 6) is 0.229. The number of aliphatic hydroxyl groups excluding tert-OH is 3. The number of rotatable bonds is 3. The molecule has 1 unspecified atom stereocenters. The topological polar surface area (TPSA) is 73.2 Å². The van der Waals surface area contributed by atoms with Gasteiger partial charge in [-0.05, 0) is 31.6 Å². The molecule has 1 saturated carbocycles. The molecule has 1 aliphatic heterocycles. The third kappa shape index (κ3) is 5.07. The van der Waals surface area contributed by atoms with Crippen molar-refractivity contribution in [3.05, 3.63) is 0 Å². The minimum atomic E-state index is -4.57. The van der Waals surface area contributed by atoms with Crippen LogP contribution in [0, 0.1) is 5.92 Å². The van der Waals surface area contributed by atoms with E-state index in [1.165, 1.54) is 0 Å². The zero-order chi connectivity index (χ0) is 15.6. The molecular weight excluding hydrogens is 291 g/mol. The Morgan fingerprint density at radius 3 is 1.95 bits per heavy atom. The molecular formula is C13H22F3NO4. The Bertz CT molecular complexity index is 322. The van der Waals surface area contributed by atoms with E-state index in [1.807, 2.05) is 4.90 Å². The van der Waals surface area contributed by atoms with E-state index in [1.54, 1.807) is 0 Å². The molecule has 2 fully saturated rings. The van der Waals surface area contributed by atoms with Crippen molar-refractivity contribution in [1.82, 2.24) is 4.90 Å². The third-order valence-electron chi connectivity index (χ3n) is 4.29. The van der Waals surface area contributed by atoms with Gasteiger partial charge in [-0.3, -0.25) is 9.64 Å². The summed E-state index contributed by atoms with van der Waals surface area (Å²) < 4.78 is 40.4. The van der Waals surface area contributed by atoms with E-state index in [0.717, 1.165) is 0 Å². The van der Waals surface area contributed by atoms with Crippen LogP contribution in [-0.4, -0.2) is 70.6 Å². The minimum absolute atomic E-state index is 0.229. The monoisotopic (exact) mass is 313 g/mol. The number of ether oxygens (including phenoxy) is 1. The quantitative estimate of drug-likeness (QED) is 0.707. The van der Waals surface area contributed by atoms with Crippen LogP contribution in [0.1, 0.15) is 25.7 Å². The van der Waals surface area contributed by atoms with Gasteiger partial charge in [0.25, 0.3) is 0 Å². The lowest BCUT2D eigenvalue weighted by atomic mass is 9.86. The zero-order valence-corrected chi connectivity index (χ0v) is 11.7. The molecule has 0 aromatic rings. The van der Waals surface area contributed by atoms with Crippen LogP contribution in [0.4, 0.5) is 13.2 Å². The number of nitrogens with zero attached hydrogens (tertiary/aromatic N) is 1. The van der Waals surface area contributed by atoms with Gasteiger partial charge in [0.05, 0.1) is 18.3 Å². The van der Waals surface area contributed by atoms with Gasteiger partial charge in [0.15, 0.2) is 0 Å². The predicted molar refractivity (Wildman–Crippen MR) is 67.3 cm³/mol.